The van der Waals surface area contributed by atoms with Crippen molar-refractivity contribution in [2.45, 2.75) is 38.8 Å². The Kier molecular flexibility index (Phi) is 4.89. The van der Waals surface area contributed by atoms with E-state index in [0.717, 1.165) is 25.9 Å². The Morgan fingerprint density at radius 1 is 1.29 bits per heavy atom. The van der Waals surface area contributed by atoms with Gasteiger partial charge in [-0.05, 0) is 45.7 Å². The minimum absolute atomic E-state index is 0.201. The molecule has 2 unspecified atom stereocenters. The number of carbonyl (C=O) groups is 2. The van der Waals surface area contributed by atoms with Crippen LogP contribution in [0.1, 0.15) is 26.7 Å². The van der Waals surface area contributed by atoms with E-state index in [9.17, 15) is 9.59 Å². The number of rotatable bonds is 3. The van der Waals surface area contributed by atoms with Gasteiger partial charge in [-0.25, -0.2) is 4.79 Å². The summed E-state index contributed by atoms with van der Waals surface area (Å²) in [5, 5.41) is 2.11. The number of likely N-dealkylation sites (tertiary alicyclic amines) is 1. The van der Waals surface area contributed by atoms with Crippen LogP contribution in [0.4, 0.5) is 4.79 Å². The van der Waals surface area contributed by atoms with Gasteiger partial charge in [0, 0.05) is 6.04 Å². The predicted molar refractivity (Wildman–Crippen MR) is 65.1 cm³/mol. The standard InChI is InChI=1S/C11H22N4O2/c1-7(12)9-3-5-15(6-4-9)8(2)10(16)14-11(13)17/h7-9H,3-6,12H2,1-2H3,(H3,13,14,16,17). The van der Waals surface area contributed by atoms with Crippen LogP contribution in [-0.2, 0) is 4.79 Å². The molecule has 0 aromatic heterocycles. The molecule has 0 radical (unpaired) electrons. The number of primary amides is 1. The monoisotopic (exact) mass is 242 g/mol. The molecule has 5 N–H and O–H groups in total. The van der Waals surface area contributed by atoms with Gasteiger partial charge >= 0.3 is 6.03 Å². The van der Waals surface area contributed by atoms with Crippen molar-refractivity contribution >= 4 is 11.9 Å². The van der Waals surface area contributed by atoms with Gasteiger partial charge in [0.2, 0.25) is 5.91 Å². The quantitative estimate of drug-likeness (QED) is 0.628. The summed E-state index contributed by atoms with van der Waals surface area (Å²) in [4.78, 5) is 24.2. The molecule has 6 heteroatoms. The normalized spacial score (nSPS) is 21.8. The minimum atomic E-state index is -0.799. The molecule has 1 fully saturated rings. The molecule has 1 rings (SSSR count). The number of amides is 3. The summed E-state index contributed by atoms with van der Waals surface area (Å²) in [7, 11) is 0. The predicted octanol–water partition coefficient (Wildman–Crippen LogP) is -0.371. The first-order chi connectivity index (χ1) is 7.91. The molecule has 0 bridgehead atoms. The number of hydrogen-bond donors (Lipinski definition) is 3. The van der Waals surface area contributed by atoms with E-state index < -0.39 is 6.03 Å². The third kappa shape index (κ3) is 3.98. The molecule has 1 saturated heterocycles. The van der Waals surface area contributed by atoms with Crippen LogP contribution >= 0.6 is 0 Å². The summed E-state index contributed by atoms with van der Waals surface area (Å²) in [6.45, 7) is 5.47. The first-order valence-electron chi connectivity index (χ1n) is 6.01. The van der Waals surface area contributed by atoms with Crippen LogP contribution in [0, 0.1) is 5.92 Å². The molecule has 0 saturated carbocycles. The highest BCUT2D eigenvalue weighted by Crippen LogP contribution is 2.20. The Bertz CT molecular complexity index is 285. The van der Waals surface area contributed by atoms with Gasteiger partial charge < -0.3 is 11.5 Å². The molecular weight excluding hydrogens is 220 g/mol. The largest absolute Gasteiger partial charge is 0.351 e. The number of hydrogen-bond acceptors (Lipinski definition) is 4. The zero-order valence-electron chi connectivity index (χ0n) is 10.5. The second-order valence-corrected chi connectivity index (χ2v) is 4.76. The summed E-state index contributed by atoms with van der Waals surface area (Å²) >= 11 is 0. The van der Waals surface area contributed by atoms with Crippen molar-refractivity contribution in [3.8, 4) is 0 Å². The van der Waals surface area contributed by atoms with Gasteiger partial charge in [0.1, 0.15) is 0 Å². The average molecular weight is 242 g/mol. The summed E-state index contributed by atoms with van der Waals surface area (Å²) in [5.74, 6) is 0.189. The number of imide groups is 1. The van der Waals surface area contributed by atoms with Gasteiger partial charge in [-0.15, -0.1) is 0 Å². The third-order valence-corrected chi connectivity index (χ3v) is 3.49. The van der Waals surface area contributed by atoms with Crippen molar-refractivity contribution in [2.24, 2.45) is 17.4 Å². The average Bonchev–Trinajstić information content (AvgIpc) is 2.27. The van der Waals surface area contributed by atoms with Gasteiger partial charge in [0.15, 0.2) is 0 Å². The molecule has 3 amide bonds. The Labute approximate surface area is 102 Å². The second-order valence-electron chi connectivity index (χ2n) is 4.76. The van der Waals surface area contributed by atoms with Gasteiger partial charge in [0.05, 0.1) is 6.04 Å². The third-order valence-electron chi connectivity index (χ3n) is 3.49. The maximum Gasteiger partial charge on any atom is 0.318 e. The van der Waals surface area contributed by atoms with E-state index in [2.05, 4.69) is 10.2 Å². The van der Waals surface area contributed by atoms with Gasteiger partial charge in [0.25, 0.3) is 0 Å². The Morgan fingerprint density at radius 2 is 1.82 bits per heavy atom. The van der Waals surface area contributed by atoms with E-state index in [1.165, 1.54) is 0 Å². The number of nitrogens with one attached hydrogen (secondary N) is 1. The van der Waals surface area contributed by atoms with Crippen LogP contribution < -0.4 is 16.8 Å². The van der Waals surface area contributed by atoms with Crippen molar-refractivity contribution in [3.05, 3.63) is 0 Å². The highest BCUT2D eigenvalue weighted by atomic mass is 16.2. The van der Waals surface area contributed by atoms with E-state index in [0.29, 0.717) is 5.92 Å². The molecule has 0 aromatic carbocycles. The van der Waals surface area contributed by atoms with Crippen LogP contribution in [0.3, 0.4) is 0 Å². The van der Waals surface area contributed by atoms with Crippen LogP contribution in [-0.4, -0.2) is 42.0 Å². The molecule has 0 aliphatic carbocycles. The highest BCUT2D eigenvalue weighted by molar-refractivity contribution is 5.96. The maximum absolute atomic E-state index is 11.6. The zero-order chi connectivity index (χ0) is 13.0. The van der Waals surface area contributed by atoms with Crippen LogP contribution in [0.2, 0.25) is 0 Å². The SMILES string of the molecule is CC(N)C1CCN(C(C)C(=O)NC(N)=O)CC1. The summed E-state index contributed by atoms with van der Waals surface area (Å²) in [6, 6.07) is -0.921. The summed E-state index contributed by atoms with van der Waals surface area (Å²) < 4.78 is 0. The smallest absolute Gasteiger partial charge is 0.318 e. The number of nitrogens with two attached hydrogens (primary N) is 2. The Morgan fingerprint density at radius 3 is 2.24 bits per heavy atom. The lowest BCUT2D eigenvalue weighted by Gasteiger charge is -2.36. The number of urea groups is 1. The summed E-state index contributed by atoms with van der Waals surface area (Å²) in [5.41, 5.74) is 10.8. The lowest BCUT2D eigenvalue weighted by Crippen LogP contribution is -2.51. The van der Waals surface area contributed by atoms with E-state index in [1.54, 1.807) is 6.92 Å². The van der Waals surface area contributed by atoms with Crippen molar-refractivity contribution in [1.82, 2.24) is 10.2 Å². The van der Waals surface area contributed by atoms with E-state index in [1.807, 2.05) is 6.92 Å². The molecular formula is C11H22N4O2. The van der Waals surface area contributed by atoms with Crippen LogP contribution in [0.15, 0.2) is 0 Å². The second kappa shape index (κ2) is 5.97. The molecule has 0 aromatic rings. The first kappa shape index (κ1) is 13.9. The molecule has 1 heterocycles. The molecule has 98 valence electrons. The van der Waals surface area contributed by atoms with Crippen molar-refractivity contribution in [3.63, 3.8) is 0 Å². The fourth-order valence-corrected chi connectivity index (χ4v) is 2.22. The van der Waals surface area contributed by atoms with E-state index >= 15 is 0 Å². The Hall–Kier alpha value is -1.14. The zero-order valence-corrected chi connectivity index (χ0v) is 10.5. The number of nitrogens with zero attached hydrogens (tertiary/aromatic N) is 1. The fraction of sp³-hybridized carbons (Fsp3) is 0.818. The summed E-state index contributed by atoms with van der Waals surface area (Å²) in [6.07, 6.45) is 1.98. The van der Waals surface area contributed by atoms with Crippen LogP contribution in [0.5, 0.6) is 0 Å². The molecule has 1 aliphatic heterocycles. The Balaban J connectivity index is 2.42. The first-order valence-corrected chi connectivity index (χ1v) is 6.01. The molecule has 17 heavy (non-hydrogen) atoms. The molecule has 1 aliphatic rings. The lowest BCUT2D eigenvalue weighted by atomic mass is 9.90. The topological polar surface area (TPSA) is 101 Å². The fourth-order valence-electron chi connectivity index (χ4n) is 2.22. The van der Waals surface area contributed by atoms with E-state index in [4.69, 9.17) is 11.5 Å². The van der Waals surface area contributed by atoms with Crippen molar-refractivity contribution in [1.29, 1.82) is 0 Å². The van der Waals surface area contributed by atoms with E-state index in [-0.39, 0.29) is 18.0 Å². The highest BCUT2D eigenvalue weighted by Gasteiger charge is 2.28. The van der Waals surface area contributed by atoms with Gasteiger partial charge in [-0.2, -0.15) is 0 Å². The minimum Gasteiger partial charge on any atom is -0.351 e. The number of piperidine rings is 1. The molecule has 6 nitrogen and oxygen atoms in total. The van der Waals surface area contributed by atoms with Crippen LogP contribution in [0.25, 0.3) is 0 Å². The number of carbonyl (C=O) groups excluding carboxylic acids is 2. The van der Waals surface area contributed by atoms with Gasteiger partial charge in [-0.1, -0.05) is 0 Å². The molecule has 0 spiro atoms. The van der Waals surface area contributed by atoms with Crippen molar-refractivity contribution < 1.29 is 9.59 Å². The molecule has 2 atom stereocenters. The van der Waals surface area contributed by atoms with Gasteiger partial charge in [-0.3, -0.25) is 15.0 Å². The lowest BCUT2D eigenvalue weighted by molar-refractivity contribution is -0.125. The van der Waals surface area contributed by atoms with Crippen molar-refractivity contribution in [2.75, 3.05) is 13.1 Å². The maximum atomic E-state index is 11.6.